The maximum Gasteiger partial charge on any atom is 0.264 e. The number of hydrogen-bond donors (Lipinski definition) is 1. The third-order valence-electron chi connectivity index (χ3n) is 4.25. The van der Waals surface area contributed by atoms with Crippen LogP contribution in [0.3, 0.4) is 0 Å². The van der Waals surface area contributed by atoms with Crippen molar-refractivity contribution in [1.29, 1.82) is 0 Å². The molecule has 0 radical (unpaired) electrons. The van der Waals surface area contributed by atoms with Crippen LogP contribution in [-0.2, 0) is 15.2 Å². The molecule has 0 spiro atoms. The van der Waals surface area contributed by atoms with E-state index in [-0.39, 0.29) is 12.2 Å². The summed E-state index contributed by atoms with van der Waals surface area (Å²) in [4.78, 5) is 26.5. The molecule has 1 amide bonds. The topological polar surface area (TPSA) is 57.6 Å². The highest BCUT2D eigenvalue weighted by atomic mass is 16.3. The molecular weight excluding hydrogens is 302 g/mol. The van der Waals surface area contributed by atoms with Crippen LogP contribution in [0.1, 0.15) is 24.5 Å². The summed E-state index contributed by atoms with van der Waals surface area (Å²) >= 11 is 0. The van der Waals surface area contributed by atoms with Gasteiger partial charge in [-0.1, -0.05) is 54.6 Å². The van der Waals surface area contributed by atoms with Gasteiger partial charge < -0.3 is 10.0 Å². The zero-order valence-corrected chi connectivity index (χ0v) is 13.5. The Labute approximate surface area is 141 Å². The van der Waals surface area contributed by atoms with Crippen LogP contribution in [-0.4, -0.2) is 23.3 Å². The minimum atomic E-state index is -1.79. The highest BCUT2D eigenvalue weighted by Crippen LogP contribution is 2.42. The summed E-state index contributed by atoms with van der Waals surface area (Å²) in [5, 5.41) is 10.9. The SMILES string of the molecule is CCN1C(=O)[C@](O)(CC(=O)/C=C\c2ccccc2)c2ccccc21. The van der Waals surface area contributed by atoms with Crippen LogP contribution in [0, 0.1) is 0 Å². The molecule has 1 heterocycles. The van der Waals surface area contributed by atoms with E-state index in [1.54, 1.807) is 24.3 Å². The third kappa shape index (κ3) is 2.76. The number of rotatable bonds is 5. The molecule has 0 saturated carbocycles. The van der Waals surface area contributed by atoms with Crippen molar-refractivity contribution in [1.82, 2.24) is 0 Å². The number of allylic oxidation sites excluding steroid dienone is 1. The monoisotopic (exact) mass is 321 g/mol. The fourth-order valence-electron chi connectivity index (χ4n) is 3.06. The highest BCUT2D eigenvalue weighted by Gasteiger charge is 2.49. The second-order valence-electron chi connectivity index (χ2n) is 5.81. The molecule has 2 aromatic carbocycles. The molecule has 0 fully saturated rings. The van der Waals surface area contributed by atoms with Crippen LogP contribution in [0.15, 0.2) is 60.7 Å². The molecule has 4 heteroatoms. The molecule has 0 bridgehead atoms. The molecule has 24 heavy (non-hydrogen) atoms. The molecule has 2 aromatic rings. The van der Waals surface area contributed by atoms with Crippen molar-refractivity contribution in [3.05, 3.63) is 71.8 Å². The largest absolute Gasteiger partial charge is 0.375 e. The average molecular weight is 321 g/mol. The minimum Gasteiger partial charge on any atom is -0.375 e. The average Bonchev–Trinajstić information content (AvgIpc) is 2.82. The maximum atomic E-state index is 12.6. The highest BCUT2D eigenvalue weighted by molar-refractivity contribution is 6.10. The first-order valence-electron chi connectivity index (χ1n) is 7.96. The normalized spacial score (nSPS) is 19.8. The molecule has 0 aliphatic carbocycles. The van der Waals surface area contributed by atoms with E-state index in [4.69, 9.17) is 0 Å². The van der Waals surface area contributed by atoms with Gasteiger partial charge in [0.25, 0.3) is 5.91 Å². The van der Waals surface area contributed by atoms with E-state index >= 15 is 0 Å². The van der Waals surface area contributed by atoms with Gasteiger partial charge in [0.2, 0.25) is 0 Å². The minimum absolute atomic E-state index is 0.261. The zero-order valence-electron chi connectivity index (χ0n) is 13.5. The lowest BCUT2D eigenvalue weighted by atomic mass is 9.90. The zero-order chi connectivity index (χ0) is 17.2. The Bertz CT molecular complexity index is 798. The van der Waals surface area contributed by atoms with Gasteiger partial charge in [0.1, 0.15) is 0 Å². The van der Waals surface area contributed by atoms with E-state index in [1.807, 2.05) is 43.3 Å². The Hall–Kier alpha value is -2.72. The summed E-state index contributed by atoms with van der Waals surface area (Å²) in [5.74, 6) is -0.727. The summed E-state index contributed by atoms with van der Waals surface area (Å²) in [5.41, 5.74) is 0.280. The van der Waals surface area contributed by atoms with Crippen molar-refractivity contribution in [2.24, 2.45) is 0 Å². The van der Waals surface area contributed by atoms with Gasteiger partial charge >= 0.3 is 0 Å². The Morgan fingerprint density at radius 3 is 2.50 bits per heavy atom. The van der Waals surface area contributed by atoms with Gasteiger partial charge in [-0.3, -0.25) is 9.59 Å². The molecule has 0 saturated heterocycles. The predicted molar refractivity (Wildman–Crippen MR) is 93.5 cm³/mol. The Kier molecular flexibility index (Phi) is 4.32. The number of aliphatic hydroxyl groups is 1. The van der Waals surface area contributed by atoms with Crippen LogP contribution >= 0.6 is 0 Å². The number of para-hydroxylation sites is 1. The van der Waals surface area contributed by atoms with E-state index < -0.39 is 11.5 Å². The van der Waals surface area contributed by atoms with E-state index in [2.05, 4.69) is 0 Å². The standard InChI is InChI=1S/C20H19NO3/c1-2-21-18-11-7-6-10-17(18)20(24,19(21)23)14-16(22)13-12-15-8-4-3-5-9-15/h3-13,24H,2,14H2,1H3/b13-12-/t20-/m0/s1. The summed E-state index contributed by atoms with van der Waals surface area (Å²) in [6, 6.07) is 16.5. The lowest BCUT2D eigenvalue weighted by Gasteiger charge is -2.21. The fourth-order valence-corrected chi connectivity index (χ4v) is 3.06. The summed E-state index contributed by atoms with van der Waals surface area (Å²) in [7, 11) is 0. The molecule has 1 aliphatic rings. The second-order valence-corrected chi connectivity index (χ2v) is 5.81. The number of carbonyl (C=O) groups is 2. The lowest BCUT2D eigenvalue weighted by Crippen LogP contribution is -2.41. The quantitative estimate of drug-likeness (QED) is 0.862. The predicted octanol–water partition coefficient (Wildman–Crippen LogP) is 2.91. The van der Waals surface area contributed by atoms with Crippen molar-refractivity contribution in [2.45, 2.75) is 18.9 Å². The van der Waals surface area contributed by atoms with Crippen molar-refractivity contribution in [3.63, 3.8) is 0 Å². The number of carbonyl (C=O) groups excluding carboxylic acids is 2. The molecule has 1 aliphatic heterocycles. The number of likely N-dealkylation sites (N-methyl/N-ethyl adjacent to an activating group) is 1. The van der Waals surface area contributed by atoms with Gasteiger partial charge in [-0.05, 0) is 24.6 Å². The molecule has 4 nitrogen and oxygen atoms in total. The number of ketones is 1. The Morgan fingerprint density at radius 2 is 1.79 bits per heavy atom. The van der Waals surface area contributed by atoms with Crippen molar-refractivity contribution >= 4 is 23.5 Å². The van der Waals surface area contributed by atoms with Crippen LogP contribution in [0.25, 0.3) is 6.08 Å². The number of nitrogens with zero attached hydrogens (tertiary/aromatic N) is 1. The van der Waals surface area contributed by atoms with Gasteiger partial charge in [0.05, 0.1) is 12.1 Å². The van der Waals surface area contributed by atoms with Crippen molar-refractivity contribution in [3.8, 4) is 0 Å². The molecule has 122 valence electrons. The van der Waals surface area contributed by atoms with Crippen LogP contribution in [0.4, 0.5) is 5.69 Å². The Morgan fingerprint density at radius 1 is 1.12 bits per heavy atom. The smallest absolute Gasteiger partial charge is 0.264 e. The van der Waals surface area contributed by atoms with Gasteiger partial charge in [-0.15, -0.1) is 0 Å². The molecule has 1 N–H and O–H groups in total. The van der Waals surface area contributed by atoms with Crippen molar-refractivity contribution < 1.29 is 14.7 Å². The summed E-state index contributed by atoms with van der Waals surface area (Å²) in [6.07, 6.45) is 2.84. The van der Waals surface area contributed by atoms with Crippen LogP contribution in [0.2, 0.25) is 0 Å². The number of hydrogen-bond acceptors (Lipinski definition) is 3. The molecular formula is C20H19NO3. The van der Waals surface area contributed by atoms with E-state index in [0.29, 0.717) is 17.8 Å². The molecule has 1 atom stereocenters. The van der Waals surface area contributed by atoms with E-state index in [1.165, 1.54) is 11.0 Å². The number of anilines is 1. The molecule has 0 unspecified atom stereocenters. The number of amides is 1. The number of fused-ring (bicyclic) bond motifs is 1. The van der Waals surface area contributed by atoms with Gasteiger partial charge in [-0.25, -0.2) is 0 Å². The van der Waals surface area contributed by atoms with E-state index in [0.717, 1.165) is 5.56 Å². The van der Waals surface area contributed by atoms with Crippen LogP contribution in [0.5, 0.6) is 0 Å². The van der Waals surface area contributed by atoms with Crippen molar-refractivity contribution in [2.75, 3.05) is 11.4 Å². The third-order valence-corrected chi connectivity index (χ3v) is 4.25. The second kappa shape index (κ2) is 6.42. The molecule has 0 aromatic heterocycles. The first-order chi connectivity index (χ1) is 11.6. The summed E-state index contributed by atoms with van der Waals surface area (Å²) < 4.78 is 0. The van der Waals surface area contributed by atoms with Gasteiger partial charge in [-0.2, -0.15) is 0 Å². The summed E-state index contributed by atoms with van der Waals surface area (Å²) in [6.45, 7) is 2.30. The Balaban J connectivity index is 1.85. The van der Waals surface area contributed by atoms with E-state index in [9.17, 15) is 14.7 Å². The lowest BCUT2D eigenvalue weighted by molar-refractivity contribution is -0.140. The fraction of sp³-hybridized carbons (Fsp3) is 0.200. The van der Waals surface area contributed by atoms with Gasteiger partial charge in [0.15, 0.2) is 11.4 Å². The van der Waals surface area contributed by atoms with Gasteiger partial charge in [0, 0.05) is 12.1 Å². The van der Waals surface area contributed by atoms with Crippen LogP contribution < -0.4 is 4.90 Å². The molecule has 3 rings (SSSR count). The maximum absolute atomic E-state index is 12.6. The number of benzene rings is 2. The first kappa shape index (κ1) is 16.1. The first-order valence-corrected chi connectivity index (χ1v) is 7.96.